The lowest BCUT2D eigenvalue weighted by Crippen LogP contribution is -2.26. The molecule has 2 N–H and O–H groups in total. The Morgan fingerprint density at radius 3 is 2.42 bits per heavy atom. The van der Waals surface area contributed by atoms with E-state index in [0.717, 1.165) is 0 Å². The van der Waals surface area contributed by atoms with Crippen LogP contribution in [0.4, 0.5) is 0 Å². The fourth-order valence-electron chi connectivity index (χ4n) is 0.836. The summed E-state index contributed by atoms with van der Waals surface area (Å²) in [7, 11) is 0. The first-order valence-electron chi connectivity index (χ1n) is 3.12. The van der Waals surface area contributed by atoms with Crippen molar-refractivity contribution >= 4 is 40.4 Å². The summed E-state index contributed by atoms with van der Waals surface area (Å²) in [5, 5.41) is 11.3. The van der Waals surface area contributed by atoms with Crippen LogP contribution in [-0.2, 0) is 9.59 Å². The molecule has 0 aromatic heterocycles. The van der Waals surface area contributed by atoms with Gasteiger partial charge in [0, 0.05) is 5.75 Å². The lowest BCUT2D eigenvalue weighted by atomic mass is 10.2. The van der Waals surface area contributed by atoms with Gasteiger partial charge in [-0.1, -0.05) is 0 Å². The summed E-state index contributed by atoms with van der Waals surface area (Å²) in [4.78, 5) is 21.8. The second kappa shape index (κ2) is 3.59. The van der Waals surface area contributed by atoms with Crippen molar-refractivity contribution < 1.29 is 14.7 Å². The van der Waals surface area contributed by atoms with E-state index in [9.17, 15) is 14.7 Å². The molecular weight excluding hydrogens is 246 g/mol. The van der Waals surface area contributed by atoms with Crippen LogP contribution in [0.5, 0.6) is 0 Å². The Labute approximate surface area is 82.6 Å². The van der Waals surface area contributed by atoms with Crippen molar-refractivity contribution in [3.63, 3.8) is 0 Å². The zero-order valence-electron chi connectivity index (χ0n) is 5.87. The topological polar surface area (TPSA) is 66.4 Å². The number of halogens is 1. The van der Waals surface area contributed by atoms with Gasteiger partial charge in [-0.15, -0.1) is 0 Å². The maximum absolute atomic E-state index is 11.0. The molecular formula is C6H6BrNO3S. The van der Waals surface area contributed by atoms with Gasteiger partial charge in [0.15, 0.2) is 0 Å². The van der Waals surface area contributed by atoms with Crippen LogP contribution >= 0.6 is 28.6 Å². The summed E-state index contributed by atoms with van der Waals surface area (Å²) in [5.74, 6) is -0.977. The molecule has 0 spiro atoms. The van der Waals surface area contributed by atoms with E-state index < -0.39 is 17.9 Å². The summed E-state index contributed by atoms with van der Waals surface area (Å²) in [6.45, 7) is 0. The predicted octanol–water partition coefficient (Wildman–Crippen LogP) is -0.418. The molecule has 6 heteroatoms. The van der Waals surface area contributed by atoms with Gasteiger partial charge in [0.05, 0.1) is 16.2 Å². The first-order chi connectivity index (χ1) is 5.57. The van der Waals surface area contributed by atoms with E-state index >= 15 is 0 Å². The van der Waals surface area contributed by atoms with E-state index in [2.05, 4.69) is 28.6 Å². The van der Waals surface area contributed by atoms with Gasteiger partial charge in [-0.2, -0.15) is 12.6 Å². The predicted molar refractivity (Wildman–Crippen MR) is 49.0 cm³/mol. The minimum Gasteiger partial charge on any atom is -0.387 e. The molecule has 2 amide bonds. The number of rotatable bonds is 2. The third-order valence-corrected chi connectivity index (χ3v) is 2.55. The lowest BCUT2D eigenvalue weighted by molar-refractivity contribution is -0.124. The minimum absolute atomic E-state index is 0.0509. The quantitative estimate of drug-likeness (QED) is 0.462. The average Bonchev–Trinajstić information content (AvgIpc) is 2.26. The normalized spacial score (nSPS) is 19.9. The zero-order valence-corrected chi connectivity index (χ0v) is 8.35. The zero-order chi connectivity index (χ0) is 9.30. The molecule has 1 heterocycles. The van der Waals surface area contributed by atoms with Gasteiger partial charge in [-0.3, -0.25) is 14.9 Å². The SMILES string of the molecule is O=C1NC(=O)C(C(O)CS)=C1Br. The molecule has 0 fully saturated rings. The number of amides is 2. The Bertz CT molecular complexity index is 276. The molecule has 1 aliphatic heterocycles. The summed E-state index contributed by atoms with van der Waals surface area (Å²) in [6.07, 6.45) is -1.01. The first kappa shape index (κ1) is 9.76. The van der Waals surface area contributed by atoms with Crippen molar-refractivity contribution in [3.8, 4) is 0 Å². The molecule has 0 saturated carbocycles. The molecule has 12 heavy (non-hydrogen) atoms. The second-order valence-corrected chi connectivity index (χ2v) is 3.37. The van der Waals surface area contributed by atoms with Crippen LogP contribution in [-0.4, -0.2) is 28.8 Å². The van der Waals surface area contributed by atoms with Gasteiger partial charge in [0.25, 0.3) is 11.8 Å². The Hall–Kier alpha value is -0.330. The number of thiol groups is 1. The number of carbonyl (C=O) groups excluding carboxylic acids is 2. The Morgan fingerprint density at radius 2 is 2.08 bits per heavy atom. The van der Waals surface area contributed by atoms with Crippen molar-refractivity contribution in [2.45, 2.75) is 6.10 Å². The summed E-state index contributed by atoms with van der Waals surface area (Å²) < 4.78 is 0.0917. The highest BCUT2D eigenvalue weighted by molar-refractivity contribution is 9.12. The van der Waals surface area contributed by atoms with Crippen molar-refractivity contribution in [1.29, 1.82) is 0 Å². The van der Waals surface area contributed by atoms with Crippen LogP contribution < -0.4 is 5.32 Å². The number of aliphatic hydroxyl groups is 1. The minimum atomic E-state index is -1.01. The Morgan fingerprint density at radius 1 is 1.50 bits per heavy atom. The maximum Gasteiger partial charge on any atom is 0.265 e. The number of nitrogens with one attached hydrogen (secondary N) is 1. The molecule has 0 saturated heterocycles. The molecule has 0 aliphatic carbocycles. The third kappa shape index (κ3) is 1.55. The Balaban J connectivity index is 3.00. The van der Waals surface area contributed by atoms with Gasteiger partial charge >= 0.3 is 0 Å². The number of hydrogen-bond acceptors (Lipinski definition) is 4. The van der Waals surface area contributed by atoms with Crippen molar-refractivity contribution in [3.05, 3.63) is 10.1 Å². The highest BCUT2D eigenvalue weighted by Crippen LogP contribution is 2.21. The third-order valence-electron chi connectivity index (χ3n) is 1.41. The number of aliphatic hydroxyl groups excluding tert-OH is 1. The van der Waals surface area contributed by atoms with Gasteiger partial charge in [0.2, 0.25) is 0 Å². The molecule has 1 rings (SSSR count). The van der Waals surface area contributed by atoms with Gasteiger partial charge < -0.3 is 5.11 Å². The first-order valence-corrected chi connectivity index (χ1v) is 4.54. The highest BCUT2D eigenvalue weighted by Gasteiger charge is 2.32. The summed E-state index contributed by atoms with van der Waals surface area (Å²) in [6, 6.07) is 0. The van der Waals surface area contributed by atoms with Crippen LogP contribution in [0.15, 0.2) is 10.1 Å². The molecule has 0 bridgehead atoms. The van der Waals surface area contributed by atoms with E-state index in [1.54, 1.807) is 0 Å². The second-order valence-electron chi connectivity index (χ2n) is 2.21. The highest BCUT2D eigenvalue weighted by atomic mass is 79.9. The molecule has 1 unspecified atom stereocenters. The standard InChI is InChI=1S/C6H6BrNO3S/c7-4-3(2(9)1-12)5(10)8-6(4)11/h2,9,12H,1H2,(H,8,10,11). The van der Waals surface area contributed by atoms with Crippen LogP contribution in [0.3, 0.4) is 0 Å². The fourth-order valence-corrected chi connectivity index (χ4v) is 1.56. The maximum atomic E-state index is 11.0. The molecule has 0 aromatic carbocycles. The average molecular weight is 252 g/mol. The van der Waals surface area contributed by atoms with E-state index in [1.165, 1.54) is 0 Å². The van der Waals surface area contributed by atoms with Crippen LogP contribution in [0.25, 0.3) is 0 Å². The van der Waals surface area contributed by atoms with Crippen LogP contribution in [0.2, 0.25) is 0 Å². The number of hydrogen-bond donors (Lipinski definition) is 3. The van der Waals surface area contributed by atoms with E-state index in [4.69, 9.17) is 0 Å². The van der Waals surface area contributed by atoms with Crippen LogP contribution in [0, 0.1) is 0 Å². The monoisotopic (exact) mass is 251 g/mol. The van der Waals surface area contributed by atoms with Gasteiger partial charge in [-0.25, -0.2) is 0 Å². The smallest absolute Gasteiger partial charge is 0.265 e. The van der Waals surface area contributed by atoms with E-state index in [0.29, 0.717) is 0 Å². The number of imide groups is 1. The Kier molecular flexibility index (Phi) is 2.92. The summed E-state index contributed by atoms with van der Waals surface area (Å²) in [5.41, 5.74) is 0.0509. The number of carbonyl (C=O) groups is 2. The molecule has 4 nitrogen and oxygen atoms in total. The molecule has 0 radical (unpaired) electrons. The van der Waals surface area contributed by atoms with Gasteiger partial charge in [0.1, 0.15) is 0 Å². The van der Waals surface area contributed by atoms with Crippen molar-refractivity contribution in [1.82, 2.24) is 5.32 Å². The van der Waals surface area contributed by atoms with Crippen molar-refractivity contribution in [2.75, 3.05) is 5.75 Å². The van der Waals surface area contributed by atoms with Gasteiger partial charge in [-0.05, 0) is 15.9 Å². The molecule has 66 valence electrons. The summed E-state index contributed by atoms with van der Waals surface area (Å²) >= 11 is 6.71. The largest absolute Gasteiger partial charge is 0.387 e. The van der Waals surface area contributed by atoms with Crippen molar-refractivity contribution in [2.24, 2.45) is 0 Å². The fraction of sp³-hybridized carbons (Fsp3) is 0.333. The lowest BCUT2D eigenvalue weighted by Gasteiger charge is -2.05. The van der Waals surface area contributed by atoms with Crippen LogP contribution in [0.1, 0.15) is 0 Å². The molecule has 1 atom stereocenters. The molecule has 1 aliphatic rings. The molecule has 0 aromatic rings. The van der Waals surface area contributed by atoms with E-state index in [-0.39, 0.29) is 15.8 Å². The van der Waals surface area contributed by atoms with E-state index in [1.807, 2.05) is 5.32 Å².